The molecule has 3 rings (SSSR count). The third-order valence-electron chi connectivity index (χ3n) is 3.96. The number of carbonyl (C=O) groups excluding carboxylic acids is 2. The Morgan fingerprint density at radius 2 is 2.28 bits per heavy atom. The molecule has 1 atom stereocenters. The molecule has 18 heavy (non-hydrogen) atoms. The third kappa shape index (κ3) is 1.34. The monoisotopic (exact) mass is 253 g/mol. The second kappa shape index (κ2) is 3.61. The van der Waals surface area contributed by atoms with Crippen LogP contribution in [0.15, 0.2) is 11.5 Å². The van der Waals surface area contributed by atoms with Crippen LogP contribution in [0.3, 0.4) is 0 Å². The van der Waals surface area contributed by atoms with Crippen molar-refractivity contribution in [2.75, 3.05) is 13.2 Å². The molecule has 0 bridgehead atoms. The van der Waals surface area contributed by atoms with Crippen molar-refractivity contribution in [3.63, 3.8) is 0 Å². The van der Waals surface area contributed by atoms with Crippen LogP contribution in [0.1, 0.15) is 19.3 Å². The van der Waals surface area contributed by atoms with Crippen LogP contribution in [0.2, 0.25) is 0 Å². The molecule has 0 aromatic rings. The number of carbonyl (C=O) groups is 2. The van der Waals surface area contributed by atoms with Crippen molar-refractivity contribution in [1.82, 2.24) is 10.2 Å². The summed E-state index contributed by atoms with van der Waals surface area (Å²) in [6, 6.07) is 0. The average Bonchev–Trinajstić information content (AvgIpc) is 2.30. The van der Waals surface area contributed by atoms with Crippen LogP contribution in [-0.4, -0.2) is 46.7 Å². The highest BCUT2D eigenvalue weighted by Gasteiger charge is 2.54. The number of fused-ring (bicyclic) bond motifs is 2. The molecule has 1 unspecified atom stereocenters. The molecule has 2 fully saturated rings. The molecule has 98 valence electrons. The van der Waals surface area contributed by atoms with E-state index >= 15 is 0 Å². The van der Waals surface area contributed by atoms with Gasteiger partial charge in [0, 0.05) is 6.54 Å². The number of hydrogen-bond donors (Lipinski definition) is 3. The zero-order valence-corrected chi connectivity index (χ0v) is 9.81. The largest absolute Gasteiger partial charge is 0.501 e. The summed E-state index contributed by atoms with van der Waals surface area (Å²) in [4.78, 5) is 24.8. The summed E-state index contributed by atoms with van der Waals surface area (Å²) in [6.45, 7) is 0.845. The van der Waals surface area contributed by atoms with Gasteiger partial charge in [0.05, 0.1) is 6.61 Å². The molecular formula is C11H15N3O4. The number of amides is 2. The van der Waals surface area contributed by atoms with Crippen LogP contribution >= 0.6 is 0 Å². The van der Waals surface area contributed by atoms with Crippen LogP contribution in [0.4, 0.5) is 0 Å². The first-order valence-electron chi connectivity index (χ1n) is 6.00. The fourth-order valence-corrected chi connectivity index (χ4v) is 2.85. The molecule has 2 aliphatic heterocycles. The molecule has 0 aromatic heterocycles. The van der Waals surface area contributed by atoms with E-state index in [0.29, 0.717) is 13.2 Å². The number of hydrogen-bond acceptors (Lipinski definition) is 5. The molecule has 0 aromatic carbocycles. The zero-order valence-electron chi connectivity index (χ0n) is 9.81. The van der Waals surface area contributed by atoms with Gasteiger partial charge in [-0.25, -0.2) is 0 Å². The Kier molecular flexibility index (Phi) is 2.28. The van der Waals surface area contributed by atoms with Crippen LogP contribution in [-0.2, 0) is 14.3 Å². The number of primary amides is 1. The standard InChI is InChI=1S/C11H15N3O4/c12-8(16)6-7(15)9(17)14-4-5-18-11(2-1-3-11)10(14)13-6/h10,13,15H,1-5H2,(H2,12,16). The minimum Gasteiger partial charge on any atom is -0.501 e. The number of nitrogens with zero attached hydrogens (tertiary/aromatic N) is 1. The molecule has 0 radical (unpaired) electrons. The summed E-state index contributed by atoms with van der Waals surface area (Å²) in [6.07, 6.45) is 2.29. The van der Waals surface area contributed by atoms with Gasteiger partial charge in [-0.3, -0.25) is 9.59 Å². The van der Waals surface area contributed by atoms with Crippen LogP contribution in [0.5, 0.6) is 0 Å². The number of ether oxygens (including phenoxy) is 1. The summed E-state index contributed by atoms with van der Waals surface area (Å²) in [5.41, 5.74) is 4.51. The highest BCUT2D eigenvalue weighted by atomic mass is 16.5. The molecular weight excluding hydrogens is 238 g/mol. The second-order valence-corrected chi connectivity index (χ2v) is 4.90. The summed E-state index contributed by atoms with van der Waals surface area (Å²) in [5, 5.41) is 12.6. The highest BCUT2D eigenvalue weighted by Crippen LogP contribution is 2.43. The Morgan fingerprint density at radius 1 is 1.56 bits per heavy atom. The molecule has 2 amide bonds. The van der Waals surface area contributed by atoms with Crippen molar-refractivity contribution in [2.45, 2.75) is 31.0 Å². The lowest BCUT2D eigenvalue weighted by Crippen LogP contribution is -2.71. The van der Waals surface area contributed by atoms with E-state index in [1.54, 1.807) is 0 Å². The lowest BCUT2D eigenvalue weighted by atomic mass is 9.75. The first-order chi connectivity index (χ1) is 8.55. The number of aliphatic hydroxyl groups excluding tert-OH is 1. The maximum Gasteiger partial charge on any atom is 0.292 e. The maximum atomic E-state index is 12.0. The molecule has 1 saturated heterocycles. The summed E-state index contributed by atoms with van der Waals surface area (Å²) in [7, 11) is 0. The predicted octanol–water partition coefficient (Wildman–Crippen LogP) is -1.05. The fourth-order valence-electron chi connectivity index (χ4n) is 2.85. The van der Waals surface area contributed by atoms with Crippen LogP contribution < -0.4 is 11.1 Å². The number of nitrogens with one attached hydrogen (secondary N) is 1. The van der Waals surface area contributed by atoms with Crippen molar-refractivity contribution in [3.05, 3.63) is 11.5 Å². The highest BCUT2D eigenvalue weighted by molar-refractivity contribution is 6.03. The number of aliphatic hydroxyl groups is 1. The molecule has 7 heteroatoms. The molecule has 3 aliphatic rings. The van der Waals surface area contributed by atoms with Gasteiger partial charge in [0.1, 0.15) is 17.5 Å². The van der Waals surface area contributed by atoms with E-state index in [-0.39, 0.29) is 5.70 Å². The second-order valence-electron chi connectivity index (χ2n) is 4.90. The first kappa shape index (κ1) is 11.3. The Morgan fingerprint density at radius 3 is 2.83 bits per heavy atom. The van der Waals surface area contributed by atoms with Crippen molar-refractivity contribution in [2.24, 2.45) is 5.73 Å². The van der Waals surface area contributed by atoms with Gasteiger partial charge >= 0.3 is 0 Å². The van der Waals surface area contributed by atoms with Gasteiger partial charge in [-0.15, -0.1) is 0 Å². The maximum absolute atomic E-state index is 12.0. The average molecular weight is 253 g/mol. The van der Waals surface area contributed by atoms with Gasteiger partial charge < -0.3 is 25.8 Å². The van der Waals surface area contributed by atoms with E-state index in [9.17, 15) is 14.7 Å². The van der Waals surface area contributed by atoms with Crippen LogP contribution in [0.25, 0.3) is 0 Å². The smallest absolute Gasteiger partial charge is 0.292 e. The number of nitrogens with two attached hydrogens (primary N) is 1. The third-order valence-corrected chi connectivity index (χ3v) is 3.96. The van der Waals surface area contributed by atoms with Gasteiger partial charge in [0.25, 0.3) is 11.8 Å². The van der Waals surface area contributed by atoms with Crippen molar-refractivity contribution >= 4 is 11.8 Å². The minimum atomic E-state index is -0.833. The van der Waals surface area contributed by atoms with E-state index in [1.165, 1.54) is 4.90 Å². The molecule has 2 heterocycles. The van der Waals surface area contributed by atoms with Gasteiger partial charge in [-0.1, -0.05) is 0 Å². The number of rotatable bonds is 1. The van der Waals surface area contributed by atoms with Crippen molar-refractivity contribution < 1.29 is 19.4 Å². The Hall–Kier alpha value is -1.76. The van der Waals surface area contributed by atoms with E-state index in [4.69, 9.17) is 10.5 Å². The van der Waals surface area contributed by atoms with Crippen molar-refractivity contribution in [1.29, 1.82) is 0 Å². The summed E-state index contributed by atoms with van der Waals surface area (Å²) < 4.78 is 5.77. The minimum absolute atomic E-state index is 0.210. The van der Waals surface area contributed by atoms with E-state index in [1.807, 2.05) is 0 Å². The summed E-state index contributed by atoms with van der Waals surface area (Å²) in [5.74, 6) is -1.99. The molecule has 1 spiro atoms. The predicted molar refractivity (Wildman–Crippen MR) is 60.0 cm³/mol. The van der Waals surface area contributed by atoms with E-state index in [0.717, 1.165) is 19.3 Å². The Balaban J connectivity index is 1.98. The molecule has 4 N–H and O–H groups in total. The fraction of sp³-hybridized carbons (Fsp3) is 0.636. The summed E-state index contributed by atoms with van der Waals surface area (Å²) >= 11 is 0. The van der Waals surface area contributed by atoms with Gasteiger partial charge in [0.2, 0.25) is 5.76 Å². The lowest BCUT2D eigenvalue weighted by Gasteiger charge is -2.55. The van der Waals surface area contributed by atoms with Crippen molar-refractivity contribution in [3.8, 4) is 0 Å². The van der Waals surface area contributed by atoms with Gasteiger partial charge in [-0.05, 0) is 19.3 Å². The lowest BCUT2D eigenvalue weighted by molar-refractivity contribution is -0.200. The SMILES string of the molecule is NC(=O)C1=C(O)C(=O)N2CCOC3(CCC3)C2N1. The van der Waals surface area contributed by atoms with Crippen LogP contribution in [0, 0.1) is 0 Å². The Bertz CT molecular complexity index is 455. The molecule has 1 saturated carbocycles. The Labute approximate surface area is 104 Å². The van der Waals surface area contributed by atoms with Gasteiger partial charge in [-0.2, -0.15) is 0 Å². The normalized spacial score (nSPS) is 29.7. The van der Waals surface area contributed by atoms with Gasteiger partial charge in [0.15, 0.2) is 0 Å². The quantitative estimate of drug-likeness (QED) is 0.553. The zero-order chi connectivity index (χ0) is 12.9. The molecule has 7 nitrogen and oxygen atoms in total. The molecule has 1 aliphatic carbocycles. The van der Waals surface area contributed by atoms with E-state index < -0.39 is 29.3 Å². The first-order valence-corrected chi connectivity index (χ1v) is 6.00. The van der Waals surface area contributed by atoms with E-state index in [2.05, 4.69) is 5.32 Å². The number of morpholine rings is 1. The topological polar surface area (TPSA) is 105 Å².